The van der Waals surface area contributed by atoms with Gasteiger partial charge in [-0.1, -0.05) is 12.1 Å². The molecule has 0 saturated carbocycles. The van der Waals surface area contributed by atoms with Gasteiger partial charge in [0.2, 0.25) is 5.95 Å². The highest BCUT2D eigenvalue weighted by Crippen LogP contribution is 2.29. The van der Waals surface area contributed by atoms with Crippen LogP contribution in [0.2, 0.25) is 0 Å². The van der Waals surface area contributed by atoms with Crippen LogP contribution in [0.25, 0.3) is 11.1 Å². The van der Waals surface area contributed by atoms with Gasteiger partial charge in [0.15, 0.2) is 0 Å². The largest absolute Gasteiger partial charge is 0.448 e. The summed E-state index contributed by atoms with van der Waals surface area (Å²) in [7, 11) is -2.98. The average Bonchev–Trinajstić information content (AvgIpc) is 2.98. The van der Waals surface area contributed by atoms with Crippen molar-refractivity contribution in [3.05, 3.63) is 79.3 Å². The van der Waals surface area contributed by atoms with Gasteiger partial charge in [-0.2, -0.15) is 4.98 Å². The number of nitrogens with one attached hydrogen (secondary N) is 4. The van der Waals surface area contributed by atoms with Gasteiger partial charge in [0.25, 0.3) is 0 Å². The zero-order valence-electron chi connectivity index (χ0n) is 23.8. The number of anilines is 5. The Labute approximate surface area is 249 Å². The number of aliphatic hydroxyl groups excluding tert-OH is 1. The second-order valence-corrected chi connectivity index (χ2v) is 11.6. The summed E-state index contributed by atoms with van der Waals surface area (Å²) >= 11 is 0. The number of amides is 3. The molecule has 5 N–H and O–H groups in total. The average molecular weight is 605 g/mol. The molecule has 0 bridgehead atoms. The molecule has 0 spiro atoms. The Morgan fingerprint density at radius 1 is 0.977 bits per heavy atom. The first-order valence-electron chi connectivity index (χ1n) is 13.3. The van der Waals surface area contributed by atoms with Crippen LogP contribution in [0.5, 0.6) is 0 Å². The maximum Gasteiger partial charge on any atom is 0.442 e. The second kappa shape index (κ2) is 14.2. The summed E-state index contributed by atoms with van der Waals surface area (Å²) < 4.78 is 21.3. The van der Waals surface area contributed by atoms with Gasteiger partial charge in [-0.25, -0.2) is 18.8 Å². The Balaban J connectivity index is 1.51. The van der Waals surface area contributed by atoms with Gasteiger partial charge in [0.1, 0.15) is 5.82 Å². The van der Waals surface area contributed by atoms with Gasteiger partial charge < -0.3 is 31.1 Å². The lowest BCUT2D eigenvalue weighted by Gasteiger charge is -2.17. The third kappa shape index (κ3) is 8.70. The van der Waals surface area contributed by atoms with Crippen LogP contribution in [-0.4, -0.2) is 61.9 Å². The lowest BCUT2D eigenvalue weighted by molar-refractivity contribution is 0.164. The summed E-state index contributed by atoms with van der Waals surface area (Å²) in [6.07, 6.45) is 5.31. The van der Waals surface area contributed by atoms with E-state index in [0.29, 0.717) is 33.3 Å². The summed E-state index contributed by atoms with van der Waals surface area (Å²) in [6.45, 7) is 3.49. The molecular weight excluding hydrogens is 572 g/mol. The smallest absolute Gasteiger partial charge is 0.442 e. The topological polar surface area (TPSA) is 180 Å². The van der Waals surface area contributed by atoms with Crippen LogP contribution in [0.15, 0.2) is 88.5 Å². The van der Waals surface area contributed by atoms with Gasteiger partial charge in [-0.15, -0.1) is 4.36 Å². The molecule has 0 saturated heterocycles. The molecular formula is C29H32N8O5S. The third-order valence-corrected chi connectivity index (χ3v) is 7.55. The summed E-state index contributed by atoms with van der Waals surface area (Å²) in [5.41, 5.74) is 3.29. The standard InChI is InChI=1S/C29H32N8O5S/c1-4-42-29(40)37-43(3,41)24-11-9-21(10-12-24)33-27-31-17-25(26(36-27)32-19(2)18-38)20-5-7-22(8-6-20)34-28(39)35-23-13-15-30-16-14-23/h5-17,19,38H,4,18H2,1-3H3,(H2,30,34,35,39)(H2,31,32,33,36). The van der Waals surface area contributed by atoms with Crippen LogP contribution in [-0.2, 0) is 14.5 Å². The van der Waals surface area contributed by atoms with Crippen molar-refractivity contribution in [2.45, 2.75) is 24.8 Å². The lowest BCUT2D eigenvalue weighted by atomic mass is 10.1. The van der Waals surface area contributed by atoms with E-state index in [9.17, 15) is 18.9 Å². The van der Waals surface area contributed by atoms with Crippen molar-refractivity contribution >= 4 is 50.7 Å². The Morgan fingerprint density at radius 3 is 2.23 bits per heavy atom. The first kappa shape index (κ1) is 30.9. The van der Waals surface area contributed by atoms with Gasteiger partial charge in [-0.3, -0.25) is 4.98 Å². The van der Waals surface area contributed by atoms with E-state index in [4.69, 9.17) is 4.74 Å². The Morgan fingerprint density at radius 2 is 1.60 bits per heavy atom. The van der Waals surface area contributed by atoms with E-state index in [0.717, 1.165) is 5.56 Å². The van der Waals surface area contributed by atoms with Crippen LogP contribution >= 0.6 is 0 Å². The summed E-state index contributed by atoms with van der Waals surface area (Å²) in [5, 5.41) is 21.5. The number of urea groups is 1. The molecule has 224 valence electrons. The molecule has 3 amide bonds. The lowest BCUT2D eigenvalue weighted by Crippen LogP contribution is -2.21. The fourth-order valence-corrected chi connectivity index (χ4v) is 4.85. The Bertz CT molecular complexity index is 1680. The van der Waals surface area contributed by atoms with Crippen molar-refractivity contribution in [1.82, 2.24) is 15.0 Å². The number of carbonyl (C=O) groups is 2. The van der Waals surface area contributed by atoms with Crippen molar-refractivity contribution in [2.24, 2.45) is 4.36 Å². The number of hydrogen-bond acceptors (Lipinski definition) is 10. The van der Waals surface area contributed by atoms with Crippen LogP contribution in [0, 0.1) is 0 Å². The Hall–Kier alpha value is -5.08. The summed E-state index contributed by atoms with van der Waals surface area (Å²) in [6, 6.07) is 16.4. The minimum atomic E-state index is -2.98. The van der Waals surface area contributed by atoms with E-state index < -0.39 is 15.8 Å². The predicted molar refractivity (Wildman–Crippen MR) is 166 cm³/mol. The molecule has 0 aliphatic rings. The number of aliphatic hydroxyl groups is 1. The van der Waals surface area contributed by atoms with Crippen LogP contribution in [0.3, 0.4) is 0 Å². The van der Waals surface area contributed by atoms with Gasteiger partial charge in [0.05, 0.1) is 22.9 Å². The van der Waals surface area contributed by atoms with Crippen molar-refractivity contribution in [3.63, 3.8) is 0 Å². The Kier molecular flexibility index (Phi) is 10.2. The quantitative estimate of drug-likeness (QED) is 0.159. The number of aromatic nitrogens is 3. The van der Waals surface area contributed by atoms with Crippen LogP contribution < -0.4 is 21.3 Å². The van der Waals surface area contributed by atoms with E-state index >= 15 is 0 Å². The summed E-state index contributed by atoms with van der Waals surface area (Å²) in [4.78, 5) is 37.4. The highest BCUT2D eigenvalue weighted by molar-refractivity contribution is 7.93. The number of rotatable bonds is 10. The maximum absolute atomic E-state index is 12.9. The zero-order valence-corrected chi connectivity index (χ0v) is 24.6. The maximum atomic E-state index is 12.9. The fraction of sp³-hybridized carbons (Fsp3) is 0.207. The van der Waals surface area contributed by atoms with Gasteiger partial charge >= 0.3 is 12.1 Å². The number of benzene rings is 2. The molecule has 4 aromatic rings. The van der Waals surface area contributed by atoms with E-state index in [1.54, 1.807) is 74.0 Å². The zero-order chi connectivity index (χ0) is 30.8. The van der Waals surface area contributed by atoms with Crippen molar-refractivity contribution in [2.75, 3.05) is 40.7 Å². The molecule has 0 fully saturated rings. The second-order valence-electron chi connectivity index (χ2n) is 9.32. The molecule has 14 heteroatoms. The predicted octanol–water partition coefficient (Wildman–Crippen LogP) is 5.33. The van der Waals surface area contributed by atoms with Crippen LogP contribution in [0.1, 0.15) is 13.8 Å². The molecule has 2 aromatic heterocycles. The number of ether oxygens (including phenoxy) is 1. The molecule has 2 heterocycles. The van der Waals surface area contributed by atoms with E-state index in [2.05, 4.69) is 40.6 Å². The number of pyridine rings is 1. The number of carbonyl (C=O) groups excluding carboxylic acids is 2. The van der Waals surface area contributed by atoms with E-state index in [1.807, 2.05) is 19.1 Å². The van der Waals surface area contributed by atoms with Crippen molar-refractivity contribution in [3.8, 4) is 11.1 Å². The molecule has 43 heavy (non-hydrogen) atoms. The highest BCUT2D eigenvalue weighted by Gasteiger charge is 2.14. The van der Waals surface area contributed by atoms with Gasteiger partial charge in [-0.05, 0) is 67.9 Å². The van der Waals surface area contributed by atoms with Crippen molar-refractivity contribution < 1.29 is 23.6 Å². The summed E-state index contributed by atoms with van der Waals surface area (Å²) in [5.74, 6) is 0.764. The first-order chi connectivity index (χ1) is 20.7. The van der Waals surface area contributed by atoms with Gasteiger partial charge in [0, 0.05) is 58.4 Å². The molecule has 13 nitrogen and oxygen atoms in total. The number of hydrogen-bond donors (Lipinski definition) is 5. The van der Waals surface area contributed by atoms with E-state index in [-0.39, 0.29) is 31.2 Å². The van der Waals surface area contributed by atoms with E-state index in [1.165, 1.54) is 6.26 Å². The van der Waals surface area contributed by atoms with Crippen LogP contribution in [0.4, 0.5) is 38.4 Å². The monoisotopic (exact) mass is 604 g/mol. The highest BCUT2D eigenvalue weighted by atomic mass is 32.2. The minimum Gasteiger partial charge on any atom is -0.448 e. The molecule has 2 atom stereocenters. The normalized spacial score (nSPS) is 12.7. The molecule has 2 unspecified atom stereocenters. The fourth-order valence-electron chi connectivity index (χ4n) is 3.77. The van der Waals surface area contributed by atoms with Crippen molar-refractivity contribution in [1.29, 1.82) is 0 Å². The molecule has 0 aliphatic carbocycles. The molecule has 4 rings (SSSR count). The molecule has 0 aliphatic heterocycles. The minimum absolute atomic E-state index is 0.115. The first-order valence-corrected chi connectivity index (χ1v) is 15.2. The third-order valence-electron chi connectivity index (χ3n) is 5.90. The SMILES string of the molecule is CCOC(=O)N=S(C)(=O)c1ccc(Nc2ncc(-c3ccc(NC(=O)Nc4ccncc4)cc3)c(NC(C)CO)n2)cc1. The number of nitrogens with zero attached hydrogens (tertiary/aromatic N) is 4. The molecule has 0 radical (unpaired) electrons. The molecule has 2 aromatic carbocycles.